The molecule has 0 aliphatic rings. The Morgan fingerprint density at radius 2 is 0.585 bits per heavy atom. The van der Waals surface area contributed by atoms with Gasteiger partial charge in [0.25, 0.3) is 0 Å². The average Bonchev–Trinajstić information content (AvgIpc) is 3.27. The first-order valence-electron chi connectivity index (χ1n) is 25.9. The van der Waals surface area contributed by atoms with Crippen LogP contribution in [0.25, 0.3) is 21.5 Å². The maximum atomic E-state index is 11.8. The van der Waals surface area contributed by atoms with Crippen LogP contribution in [0.15, 0.2) is 70.5 Å². The third-order valence-electron chi connectivity index (χ3n) is 13.0. The Kier molecular flexibility index (Phi) is 32.2. The number of aryl methyl sites for hydroxylation is 4. The molecule has 0 amide bonds. The van der Waals surface area contributed by atoms with E-state index < -0.39 is 20.2 Å². The number of fused-ring (bicyclic) bond motifs is 2. The minimum atomic E-state index is -4.46. The van der Waals surface area contributed by atoms with Gasteiger partial charge in [-0.15, -0.1) is 0 Å². The summed E-state index contributed by atoms with van der Waals surface area (Å²) < 4.78 is 70.5. The van der Waals surface area contributed by atoms with Gasteiger partial charge in [0, 0.05) is 0 Å². The molecular weight excluding hydrogens is 970 g/mol. The van der Waals surface area contributed by atoms with E-state index in [4.69, 9.17) is 0 Å². The van der Waals surface area contributed by atoms with E-state index in [1.54, 1.807) is 24.3 Å². The molecule has 0 spiro atoms. The molecule has 0 heterocycles. The molecule has 0 aliphatic carbocycles. The van der Waals surface area contributed by atoms with Crippen LogP contribution in [0.2, 0.25) is 0 Å². The largest absolute Gasteiger partial charge is 2.00 e. The summed E-state index contributed by atoms with van der Waals surface area (Å²) in [7, 11) is -8.91. The van der Waals surface area contributed by atoms with E-state index in [0.29, 0.717) is 0 Å². The predicted molar refractivity (Wildman–Crippen MR) is 276 cm³/mol. The summed E-state index contributed by atoms with van der Waals surface area (Å²) >= 11 is 0. The molecule has 0 saturated carbocycles. The first-order valence-corrected chi connectivity index (χ1v) is 28.8. The molecule has 0 radical (unpaired) electrons. The van der Waals surface area contributed by atoms with Gasteiger partial charge in [0.1, 0.15) is 20.2 Å². The van der Waals surface area contributed by atoms with Crippen LogP contribution in [0, 0.1) is 0 Å². The van der Waals surface area contributed by atoms with E-state index in [1.807, 2.05) is 24.3 Å². The van der Waals surface area contributed by atoms with Gasteiger partial charge >= 0.3 is 48.9 Å². The molecule has 65 heavy (non-hydrogen) atoms. The van der Waals surface area contributed by atoms with Crippen molar-refractivity contribution in [2.75, 3.05) is 0 Å². The monoisotopic (exact) mass is 1060 g/mol. The fourth-order valence-corrected chi connectivity index (χ4v) is 10.4. The molecule has 4 aromatic carbocycles. The molecule has 6 nitrogen and oxygen atoms in total. The standard InChI is InChI=1S/2C28H44O3S.Ba/c2*1-3-5-7-9-11-13-15-18-24-20-17-21-26-23-27(32(29,30)31)22-25(28(24)26)19-16-14-12-10-8-6-4-2;/h2*17,20-23H,3-16,18-19H2,1-2H3,(H,29,30,31);/q;;+2/p-2. The third-order valence-corrected chi connectivity index (χ3v) is 14.6. The maximum Gasteiger partial charge on any atom is 2.00 e. The summed E-state index contributed by atoms with van der Waals surface area (Å²) in [6.07, 6.45) is 38.6. The van der Waals surface area contributed by atoms with Crippen LogP contribution in [0.3, 0.4) is 0 Å². The van der Waals surface area contributed by atoms with Crippen molar-refractivity contribution in [2.24, 2.45) is 0 Å². The van der Waals surface area contributed by atoms with Crippen molar-refractivity contribution in [3.8, 4) is 0 Å². The molecule has 4 aromatic rings. The molecular formula is C56H86BaO6S2. The van der Waals surface area contributed by atoms with Gasteiger partial charge in [0.05, 0.1) is 9.79 Å². The number of benzene rings is 4. The number of hydrogen-bond donors (Lipinski definition) is 0. The Hall–Kier alpha value is -1.21. The van der Waals surface area contributed by atoms with E-state index in [-0.39, 0.29) is 58.7 Å². The van der Waals surface area contributed by atoms with Crippen LogP contribution in [0.1, 0.15) is 230 Å². The molecule has 4 rings (SSSR count). The van der Waals surface area contributed by atoms with Crippen molar-refractivity contribution in [3.05, 3.63) is 82.9 Å². The second-order valence-corrected chi connectivity index (χ2v) is 21.3. The minimum Gasteiger partial charge on any atom is -0.744 e. The van der Waals surface area contributed by atoms with E-state index in [1.165, 1.54) is 163 Å². The smallest absolute Gasteiger partial charge is 0.744 e. The van der Waals surface area contributed by atoms with Crippen LogP contribution in [-0.4, -0.2) is 74.8 Å². The quantitative estimate of drug-likeness (QED) is 0.0261. The molecule has 0 N–H and O–H groups in total. The summed E-state index contributed by atoms with van der Waals surface area (Å²) in [6.45, 7) is 8.95. The van der Waals surface area contributed by atoms with E-state index in [2.05, 4.69) is 39.8 Å². The van der Waals surface area contributed by atoms with Crippen molar-refractivity contribution in [1.29, 1.82) is 0 Å². The average molecular weight is 1060 g/mol. The van der Waals surface area contributed by atoms with Crippen molar-refractivity contribution in [2.45, 2.75) is 243 Å². The molecule has 0 aliphatic heterocycles. The van der Waals surface area contributed by atoms with Gasteiger partial charge in [0.15, 0.2) is 0 Å². The van der Waals surface area contributed by atoms with Crippen LogP contribution in [0.5, 0.6) is 0 Å². The van der Waals surface area contributed by atoms with Gasteiger partial charge in [0.2, 0.25) is 0 Å². The van der Waals surface area contributed by atoms with Gasteiger partial charge in [-0.25, -0.2) is 16.8 Å². The first-order chi connectivity index (χ1) is 30.9. The van der Waals surface area contributed by atoms with Gasteiger partial charge in [-0.3, -0.25) is 0 Å². The van der Waals surface area contributed by atoms with Gasteiger partial charge in [-0.1, -0.05) is 218 Å². The van der Waals surface area contributed by atoms with Crippen molar-refractivity contribution in [3.63, 3.8) is 0 Å². The maximum absolute atomic E-state index is 11.8. The topological polar surface area (TPSA) is 114 Å². The van der Waals surface area contributed by atoms with Gasteiger partial charge < -0.3 is 9.11 Å². The van der Waals surface area contributed by atoms with E-state index in [9.17, 15) is 25.9 Å². The Balaban J connectivity index is 0.000000440. The Labute approximate surface area is 438 Å². The summed E-state index contributed by atoms with van der Waals surface area (Å²) in [5.41, 5.74) is 4.65. The zero-order valence-electron chi connectivity index (χ0n) is 41.4. The van der Waals surface area contributed by atoms with E-state index >= 15 is 0 Å². The fraction of sp³-hybridized carbons (Fsp3) is 0.643. The van der Waals surface area contributed by atoms with Crippen molar-refractivity contribution >= 4 is 90.7 Å². The predicted octanol–water partition coefficient (Wildman–Crippen LogP) is 16.3. The van der Waals surface area contributed by atoms with Crippen molar-refractivity contribution < 1.29 is 25.9 Å². The normalized spacial score (nSPS) is 11.8. The molecule has 360 valence electrons. The summed E-state index contributed by atoms with van der Waals surface area (Å²) in [5.74, 6) is 0. The second-order valence-electron chi connectivity index (χ2n) is 18.6. The summed E-state index contributed by atoms with van der Waals surface area (Å²) in [4.78, 5) is -0.174. The Morgan fingerprint density at radius 1 is 0.338 bits per heavy atom. The summed E-state index contributed by atoms with van der Waals surface area (Å²) in [5, 5.41) is 4.13. The molecule has 0 bridgehead atoms. The fourth-order valence-electron chi connectivity index (χ4n) is 9.33. The number of rotatable bonds is 34. The van der Waals surface area contributed by atoms with Gasteiger partial charge in [-0.05, 0) is 119 Å². The molecule has 0 aromatic heterocycles. The zero-order valence-corrected chi connectivity index (χ0v) is 47.4. The molecule has 0 unspecified atom stereocenters. The molecule has 0 saturated heterocycles. The number of hydrogen-bond acceptors (Lipinski definition) is 6. The second kappa shape index (κ2) is 35.0. The van der Waals surface area contributed by atoms with Crippen molar-refractivity contribution in [1.82, 2.24) is 0 Å². The minimum absolute atomic E-state index is 0. The SMILES string of the molecule is CCCCCCCCCc1cccc2cc(S(=O)(=O)[O-])cc(CCCCCCCCC)c12.CCCCCCCCCc1cccc2cc(S(=O)(=O)[O-])cc(CCCCCCCCC)c12.[Ba+2]. The zero-order chi connectivity index (χ0) is 46.5. The molecule has 0 atom stereocenters. The number of unbranched alkanes of at least 4 members (excludes halogenated alkanes) is 24. The first kappa shape index (κ1) is 59.9. The molecule has 0 fully saturated rings. The third kappa shape index (κ3) is 23.8. The molecule has 9 heteroatoms. The van der Waals surface area contributed by atoms with Crippen LogP contribution < -0.4 is 0 Å². The van der Waals surface area contributed by atoms with E-state index in [0.717, 1.165) is 86.1 Å². The Bertz CT molecular complexity index is 1960. The Morgan fingerprint density at radius 3 is 0.846 bits per heavy atom. The van der Waals surface area contributed by atoms with Gasteiger partial charge in [-0.2, -0.15) is 0 Å². The van der Waals surface area contributed by atoms with Crippen LogP contribution >= 0.6 is 0 Å². The van der Waals surface area contributed by atoms with Crippen LogP contribution in [0.4, 0.5) is 0 Å². The van der Waals surface area contributed by atoms with Crippen LogP contribution in [-0.2, 0) is 45.9 Å². The summed E-state index contributed by atoms with van der Waals surface area (Å²) in [6, 6.07) is 18.7.